The molecular formula is C28H38ClN3O4S. The third-order valence-corrected chi connectivity index (χ3v) is 8.43. The number of hydrogen-bond acceptors (Lipinski definition) is 4. The van der Waals surface area contributed by atoms with Gasteiger partial charge in [0.25, 0.3) is 0 Å². The average Bonchev–Trinajstić information content (AvgIpc) is 2.86. The highest BCUT2D eigenvalue weighted by molar-refractivity contribution is 7.92. The van der Waals surface area contributed by atoms with Gasteiger partial charge in [-0.2, -0.15) is 0 Å². The van der Waals surface area contributed by atoms with Crippen LogP contribution in [0.4, 0.5) is 5.69 Å². The van der Waals surface area contributed by atoms with Crippen LogP contribution in [-0.2, 0) is 26.2 Å². The number of carbonyl (C=O) groups excluding carboxylic acids is 2. The first-order valence-electron chi connectivity index (χ1n) is 12.9. The minimum absolute atomic E-state index is 0.118. The lowest BCUT2D eigenvalue weighted by molar-refractivity contribution is -0.141. The summed E-state index contributed by atoms with van der Waals surface area (Å²) in [5.41, 5.74) is 2.52. The Hall–Kier alpha value is -2.58. The summed E-state index contributed by atoms with van der Waals surface area (Å²) < 4.78 is 26.2. The van der Waals surface area contributed by atoms with Gasteiger partial charge >= 0.3 is 0 Å². The summed E-state index contributed by atoms with van der Waals surface area (Å²) in [5.74, 6) is -0.327. The monoisotopic (exact) mass is 547 g/mol. The Bertz CT molecular complexity index is 1160. The fraction of sp³-hybridized carbons (Fsp3) is 0.500. The molecule has 0 radical (unpaired) electrons. The molecule has 0 saturated heterocycles. The van der Waals surface area contributed by atoms with Gasteiger partial charge in [0.1, 0.15) is 6.04 Å². The maximum Gasteiger partial charge on any atom is 0.242 e. The quantitative estimate of drug-likeness (QED) is 0.426. The maximum atomic E-state index is 13.5. The highest BCUT2D eigenvalue weighted by Crippen LogP contribution is 2.22. The summed E-state index contributed by atoms with van der Waals surface area (Å²) in [5, 5.41) is 3.66. The summed E-state index contributed by atoms with van der Waals surface area (Å²) in [6, 6.07) is 13.9. The van der Waals surface area contributed by atoms with E-state index < -0.39 is 16.1 Å². The minimum Gasteiger partial charge on any atom is -0.352 e. The molecule has 0 aromatic heterocycles. The van der Waals surface area contributed by atoms with Crippen LogP contribution >= 0.6 is 11.6 Å². The fourth-order valence-electron chi connectivity index (χ4n) is 4.73. The number of nitrogens with zero attached hydrogens (tertiary/aromatic N) is 2. The van der Waals surface area contributed by atoms with Crippen molar-refractivity contribution in [1.29, 1.82) is 0 Å². The molecule has 0 spiro atoms. The Balaban J connectivity index is 1.72. The number of halogens is 1. The van der Waals surface area contributed by atoms with Crippen molar-refractivity contribution in [2.24, 2.45) is 0 Å². The number of aryl methyl sites for hydroxylation is 1. The van der Waals surface area contributed by atoms with E-state index in [1.807, 2.05) is 31.2 Å². The van der Waals surface area contributed by atoms with Crippen molar-refractivity contribution in [3.8, 4) is 0 Å². The Morgan fingerprint density at radius 1 is 1.05 bits per heavy atom. The summed E-state index contributed by atoms with van der Waals surface area (Å²) >= 11 is 5.95. The van der Waals surface area contributed by atoms with Crippen molar-refractivity contribution in [2.75, 3.05) is 17.1 Å². The first-order valence-corrected chi connectivity index (χ1v) is 15.2. The highest BCUT2D eigenvalue weighted by Gasteiger charge is 2.28. The number of amides is 2. The van der Waals surface area contributed by atoms with Crippen LogP contribution < -0.4 is 9.62 Å². The number of rotatable bonds is 11. The van der Waals surface area contributed by atoms with Gasteiger partial charge in [-0.1, -0.05) is 55.1 Å². The number of sulfonamides is 1. The molecule has 7 nitrogen and oxygen atoms in total. The molecule has 0 unspecified atom stereocenters. The zero-order valence-electron chi connectivity index (χ0n) is 22.0. The molecule has 9 heteroatoms. The van der Waals surface area contributed by atoms with Gasteiger partial charge in [0.15, 0.2) is 0 Å². The van der Waals surface area contributed by atoms with Crippen molar-refractivity contribution in [3.05, 3.63) is 64.7 Å². The van der Waals surface area contributed by atoms with E-state index in [1.54, 1.807) is 36.1 Å². The lowest BCUT2D eigenvalue weighted by Crippen LogP contribution is -2.50. The second-order valence-electron chi connectivity index (χ2n) is 9.88. The summed E-state index contributed by atoms with van der Waals surface area (Å²) in [6.07, 6.45) is 6.92. The van der Waals surface area contributed by atoms with Crippen molar-refractivity contribution in [1.82, 2.24) is 10.2 Å². The fourth-order valence-corrected chi connectivity index (χ4v) is 5.83. The van der Waals surface area contributed by atoms with Crippen LogP contribution in [0.2, 0.25) is 5.02 Å². The number of hydrogen-bond donors (Lipinski definition) is 1. The van der Waals surface area contributed by atoms with Crippen molar-refractivity contribution in [3.63, 3.8) is 0 Å². The van der Waals surface area contributed by atoms with Gasteiger partial charge in [-0.25, -0.2) is 8.42 Å². The number of anilines is 1. The highest BCUT2D eigenvalue weighted by atomic mass is 35.5. The van der Waals surface area contributed by atoms with E-state index in [2.05, 4.69) is 5.32 Å². The Morgan fingerprint density at radius 3 is 2.32 bits per heavy atom. The van der Waals surface area contributed by atoms with Gasteiger partial charge in [-0.15, -0.1) is 0 Å². The van der Waals surface area contributed by atoms with Crippen LogP contribution in [-0.4, -0.2) is 50.0 Å². The van der Waals surface area contributed by atoms with E-state index in [0.29, 0.717) is 23.7 Å². The molecule has 1 aliphatic rings. The van der Waals surface area contributed by atoms with Crippen molar-refractivity contribution in [2.45, 2.75) is 77.4 Å². The molecule has 0 aliphatic heterocycles. The lowest BCUT2D eigenvalue weighted by Gasteiger charge is -2.32. The topological polar surface area (TPSA) is 86.8 Å². The van der Waals surface area contributed by atoms with E-state index in [9.17, 15) is 18.0 Å². The first-order chi connectivity index (χ1) is 17.6. The van der Waals surface area contributed by atoms with Crippen LogP contribution in [0.1, 0.15) is 63.0 Å². The van der Waals surface area contributed by atoms with Gasteiger partial charge in [0.2, 0.25) is 21.8 Å². The molecule has 1 saturated carbocycles. The molecule has 0 bridgehead atoms. The molecule has 1 fully saturated rings. The molecule has 1 atom stereocenters. The normalized spacial score (nSPS) is 15.1. The average molecular weight is 548 g/mol. The molecule has 1 N–H and O–H groups in total. The van der Waals surface area contributed by atoms with Crippen molar-refractivity contribution < 1.29 is 18.0 Å². The minimum atomic E-state index is -3.55. The second-order valence-corrected chi connectivity index (χ2v) is 12.2. The van der Waals surface area contributed by atoms with Gasteiger partial charge in [0.05, 0.1) is 11.9 Å². The molecule has 3 rings (SSSR count). The molecule has 37 heavy (non-hydrogen) atoms. The van der Waals surface area contributed by atoms with Crippen molar-refractivity contribution >= 4 is 39.1 Å². The molecule has 2 aromatic rings. The van der Waals surface area contributed by atoms with Gasteiger partial charge in [-0.3, -0.25) is 13.9 Å². The molecule has 2 amide bonds. The van der Waals surface area contributed by atoms with Gasteiger partial charge in [-0.05, 0) is 68.5 Å². The zero-order valence-corrected chi connectivity index (χ0v) is 23.5. The largest absolute Gasteiger partial charge is 0.352 e. The molecule has 1 aliphatic carbocycles. The standard InChI is InChI=1S/C28H38ClN3O4S/c1-21-10-7-8-11-23(21)20-31(22(2)28(34)30-25-12-5-4-6-13-25)27(33)14-9-19-32(37(3,35)36)26-17-15-24(29)16-18-26/h7-8,10-11,15-18,22,25H,4-6,9,12-14,19-20H2,1-3H3,(H,30,34)/t22-/m0/s1. The maximum absolute atomic E-state index is 13.5. The van der Waals surface area contributed by atoms with E-state index in [0.717, 1.165) is 43.1 Å². The van der Waals surface area contributed by atoms with E-state index in [4.69, 9.17) is 11.6 Å². The smallest absolute Gasteiger partial charge is 0.242 e. The lowest BCUT2D eigenvalue weighted by atomic mass is 9.95. The summed E-state index contributed by atoms with van der Waals surface area (Å²) in [7, 11) is -3.55. The molecule has 202 valence electrons. The molecular weight excluding hydrogens is 510 g/mol. The van der Waals surface area contributed by atoms with Crippen LogP contribution in [0, 0.1) is 6.92 Å². The van der Waals surface area contributed by atoms with Crippen LogP contribution in [0.5, 0.6) is 0 Å². The Kier molecular flexibility index (Phi) is 10.4. The third kappa shape index (κ3) is 8.47. The van der Waals surface area contributed by atoms with Crippen LogP contribution in [0.15, 0.2) is 48.5 Å². The first kappa shape index (κ1) is 29.0. The second kappa shape index (κ2) is 13.3. The summed E-state index contributed by atoms with van der Waals surface area (Å²) in [6.45, 7) is 4.22. The van der Waals surface area contributed by atoms with Gasteiger partial charge < -0.3 is 10.2 Å². The van der Waals surface area contributed by atoms with Crippen LogP contribution in [0.3, 0.4) is 0 Å². The number of carbonyl (C=O) groups is 2. The molecule has 2 aromatic carbocycles. The predicted molar refractivity (Wildman–Crippen MR) is 149 cm³/mol. The summed E-state index contributed by atoms with van der Waals surface area (Å²) in [4.78, 5) is 28.2. The number of nitrogens with one attached hydrogen (secondary N) is 1. The zero-order chi connectivity index (χ0) is 27.0. The van der Waals surface area contributed by atoms with E-state index >= 15 is 0 Å². The van der Waals surface area contributed by atoms with Gasteiger partial charge in [0, 0.05) is 30.6 Å². The predicted octanol–water partition coefficient (Wildman–Crippen LogP) is 5.06. The number of benzene rings is 2. The Labute approximate surface area is 226 Å². The van der Waals surface area contributed by atoms with E-state index in [1.165, 1.54) is 10.7 Å². The SMILES string of the molecule is Cc1ccccc1CN(C(=O)CCCN(c1ccc(Cl)cc1)S(C)(=O)=O)[C@@H](C)C(=O)NC1CCCCC1. The van der Waals surface area contributed by atoms with E-state index in [-0.39, 0.29) is 30.8 Å². The molecule has 0 heterocycles. The third-order valence-electron chi connectivity index (χ3n) is 6.99. The van der Waals surface area contributed by atoms with Crippen LogP contribution in [0.25, 0.3) is 0 Å². The Morgan fingerprint density at radius 2 is 1.70 bits per heavy atom.